The molecule has 0 spiro atoms. The largest absolute Gasteiger partial charge is 0.504 e. The predicted molar refractivity (Wildman–Crippen MR) is 148 cm³/mol. The SMILES string of the molecule is COc1cc(C(=O)N/N=C\[C@]23CC[C@@H](O)C[C@@]2(O)CC[C@@H]2[C@@H]3CC[C@]3(C)[C@@H](C4=CC(=O)OC4)CC[C@@]23O)ccc1O. The first-order valence-corrected chi connectivity index (χ1v) is 14.7. The minimum absolute atomic E-state index is 0.0556. The number of methoxy groups -OCH3 is 1. The highest BCUT2D eigenvalue weighted by Crippen LogP contribution is 2.70. The van der Waals surface area contributed by atoms with Gasteiger partial charge in [0.15, 0.2) is 11.5 Å². The Labute approximate surface area is 239 Å². The third-order valence-corrected chi connectivity index (χ3v) is 11.5. The summed E-state index contributed by atoms with van der Waals surface area (Å²) >= 11 is 0. The molecule has 10 heteroatoms. The Kier molecular flexibility index (Phi) is 6.75. The number of nitrogens with zero attached hydrogens (tertiary/aromatic N) is 1. The summed E-state index contributed by atoms with van der Waals surface area (Å²) in [5, 5.41) is 49.5. The number of rotatable bonds is 5. The van der Waals surface area contributed by atoms with Crippen LogP contribution in [0.15, 0.2) is 34.9 Å². The van der Waals surface area contributed by atoms with Crippen LogP contribution in [0.5, 0.6) is 11.5 Å². The Morgan fingerprint density at radius 1 is 1.12 bits per heavy atom. The number of hydrazone groups is 1. The number of aliphatic hydroxyl groups excluding tert-OH is 1. The summed E-state index contributed by atoms with van der Waals surface area (Å²) in [5.74, 6) is -0.870. The van der Waals surface area contributed by atoms with Crippen molar-refractivity contribution in [2.45, 2.75) is 82.0 Å². The molecule has 4 aliphatic carbocycles. The number of phenols is 1. The van der Waals surface area contributed by atoms with Gasteiger partial charge in [-0.15, -0.1) is 0 Å². The van der Waals surface area contributed by atoms with Crippen molar-refractivity contribution in [3.8, 4) is 11.5 Å². The normalized spacial score (nSPS) is 41.7. The highest BCUT2D eigenvalue weighted by molar-refractivity contribution is 5.95. The maximum absolute atomic E-state index is 12.9. The van der Waals surface area contributed by atoms with Crippen LogP contribution in [0.1, 0.15) is 75.1 Å². The molecule has 0 radical (unpaired) electrons. The zero-order valence-corrected chi connectivity index (χ0v) is 23.6. The van der Waals surface area contributed by atoms with E-state index in [-0.39, 0.29) is 53.8 Å². The highest BCUT2D eigenvalue weighted by atomic mass is 16.5. The lowest BCUT2D eigenvalue weighted by Crippen LogP contribution is -2.68. The number of aliphatic hydroxyl groups is 3. The number of cyclic esters (lactones) is 1. The highest BCUT2D eigenvalue weighted by Gasteiger charge is 2.71. The number of hydrogen-bond donors (Lipinski definition) is 5. The second-order valence-electron chi connectivity index (χ2n) is 13.1. The summed E-state index contributed by atoms with van der Waals surface area (Å²) in [7, 11) is 1.40. The monoisotopic (exact) mass is 568 g/mol. The summed E-state index contributed by atoms with van der Waals surface area (Å²) in [6.45, 7) is 2.42. The molecule has 1 aromatic carbocycles. The summed E-state index contributed by atoms with van der Waals surface area (Å²) in [6.07, 6.45) is 7.71. The number of carbonyl (C=O) groups is 2. The predicted octanol–water partition coefficient (Wildman–Crippen LogP) is 2.83. The fourth-order valence-corrected chi connectivity index (χ4v) is 9.45. The summed E-state index contributed by atoms with van der Waals surface area (Å²) in [5.41, 5.74) is 0.326. The van der Waals surface area contributed by atoms with Crippen molar-refractivity contribution < 1.29 is 39.5 Å². The van der Waals surface area contributed by atoms with E-state index in [4.69, 9.17) is 9.47 Å². The van der Waals surface area contributed by atoms with Crippen molar-refractivity contribution in [3.63, 3.8) is 0 Å². The van der Waals surface area contributed by atoms with Gasteiger partial charge in [0.1, 0.15) is 6.61 Å². The smallest absolute Gasteiger partial charge is 0.331 e. The third-order valence-electron chi connectivity index (χ3n) is 11.5. The van der Waals surface area contributed by atoms with Crippen LogP contribution >= 0.6 is 0 Å². The minimum atomic E-state index is -1.22. The van der Waals surface area contributed by atoms with Crippen LogP contribution in [0.25, 0.3) is 0 Å². The van der Waals surface area contributed by atoms with Gasteiger partial charge in [-0.05, 0) is 92.9 Å². The van der Waals surface area contributed by atoms with Crippen molar-refractivity contribution in [1.29, 1.82) is 0 Å². The lowest BCUT2D eigenvalue weighted by Gasteiger charge is -2.65. The molecular weight excluding hydrogens is 528 g/mol. The fraction of sp³-hybridized carbons (Fsp3) is 0.645. The molecule has 222 valence electrons. The number of amides is 1. The Morgan fingerprint density at radius 3 is 2.63 bits per heavy atom. The van der Waals surface area contributed by atoms with Gasteiger partial charge >= 0.3 is 5.97 Å². The molecule has 0 saturated heterocycles. The zero-order chi connectivity index (χ0) is 29.2. The Bertz CT molecular complexity index is 1310. The van der Waals surface area contributed by atoms with E-state index in [1.165, 1.54) is 25.3 Å². The number of hydrogen-bond acceptors (Lipinski definition) is 9. The van der Waals surface area contributed by atoms with E-state index in [1.54, 1.807) is 12.3 Å². The first-order valence-electron chi connectivity index (χ1n) is 14.7. The van der Waals surface area contributed by atoms with Gasteiger partial charge in [0.2, 0.25) is 0 Å². The fourth-order valence-electron chi connectivity index (χ4n) is 9.45. The average Bonchev–Trinajstić information content (AvgIpc) is 3.48. The van der Waals surface area contributed by atoms with Crippen LogP contribution in [0.4, 0.5) is 0 Å². The molecule has 41 heavy (non-hydrogen) atoms. The molecule has 4 saturated carbocycles. The number of ether oxygens (including phenoxy) is 2. The van der Waals surface area contributed by atoms with Gasteiger partial charge in [-0.2, -0.15) is 5.10 Å². The number of esters is 1. The lowest BCUT2D eigenvalue weighted by molar-refractivity contribution is -0.237. The second-order valence-corrected chi connectivity index (χ2v) is 13.1. The molecule has 8 atom stereocenters. The maximum Gasteiger partial charge on any atom is 0.331 e. The van der Waals surface area contributed by atoms with Crippen molar-refractivity contribution >= 4 is 18.1 Å². The van der Waals surface area contributed by atoms with Gasteiger partial charge in [0.25, 0.3) is 5.91 Å². The number of benzene rings is 1. The van der Waals surface area contributed by atoms with Crippen molar-refractivity contribution in [2.24, 2.45) is 33.7 Å². The first kappa shape index (κ1) is 28.2. The van der Waals surface area contributed by atoms with Gasteiger partial charge in [-0.25, -0.2) is 10.2 Å². The van der Waals surface area contributed by atoms with Crippen LogP contribution in [0.3, 0.4) is 0 Å². The van der Waals surface area contributed by atoms with Gasteiger partial charge in [0.05, 0.1) is 24.4 Å². The van der Waals surface area contributed by atoms with Crippen molar-refractivity contribution in [3.05, 3.63) is 35.4 Å². The lowest BCUT2D eigenvalue weighted by atomic mass is 9.41. The average molecular weight is 569 g/mol. The van der Waals surface area contributed by atoms with Gasteiger partial charge in [0, 0.05) is 35.1 Å². The molecule has 0 aromatic heterocycles. The molecule has 5 N–H and O–H groups in total. The van der Waals surface area contributed by atoms with E-state index in [1.807, 2.05) is 0 Å². The molecule has 0 unspecified atom stereocenters. The second kappa shape index (κ2) is 9.81. The zero-order valence-electron chi connectivity index (χ0n) is 23.6. The number of phenolic OH excluding ortho intramolecular Hbond substituents is 1. The Balaban J connectivity index is 1.31. The topological polar surface area (TPSA) is 158 Å². The van der Waals surface area contributed by atoms with Gasteiger partial charge in [-0.3, -0.25) is 4.79 Å². The summed E-state index contributed by atoms with van der Waals surface area (Å²) < 4.78 is 10.3. The van der Waals surface area contributed by atoms with E-state index < -0.39 is 34.0 Å². The van der Waals surface area contributed by atoms with Crippen LogP contribution in [0.2, 0.25) is 0 Å². The van der Waals surface area contributed by atoms with E-state index in [0.29, 0.717) is 32.1 Å². The molecular formula is C31H40N2O8. The summed E-state index contributed by atoms with van der Waals surface area (Å²) in [4.78, 5) is 24.8. The number of fused-ring (bicyclic) bond motifs is 5. The molecule has 1 aliphatic heterocycles. The molecule has 1 heterocycles. The quantitative estimate of drug-likeness (QED) is 0.206. The molecule has 10 nitrogen and oxygen atoms in total. The Hall–Kier alpha value is -2.95. The van der Waals surface area contributed by atoms with Crippen LogP contribution in [-0.2, 0) is 9.53 Å². The van der Waals surface area contributed by atoms with Crippen LogP contribution in [-0.4, -0.2) is 69.5 Å². The Morgan fingerprint density at radius 2 is 1.90 bits per heavy atom. The molecule has 1 amide bonds. The van der Waals surface area contributed by atoms with Crippen molar-refractivity contribution in [2.75, 3.05) is 13.7 Å². The molecule has 4 fully saturated rings. The molecule has 0 bridgehead atoms. The number of nitrogens with one attached hydrogen (secondary N) is 1. The summed E-state index contributed by atoms with van der Waals surface area (Å²) in [6, 6.07) is 4.27. The van der Waals surface area contributed by atoms with Gasteiger partial charge < -0.3 is 29.9 Å². The van der Waals surface area contributed by atoms with E-state index in [0.717, 1.165) is 24.8 Å². The third kappa shape index (κ3) is 4.12. The first-order chi connectivity index (χ1) is 19.5. The standard InChI is InChI=1S/C31H40N2O8/c1-28-9-6-22-23(31(28,39)12-8-21(28)19-14-26(36)41-16-19)7-11-30(38)15-20(34)5-10-29(22,30)17-32-33-27(37)18-3-4-24(35)25(13-18)40-2/h3-4,13-14,17,20-23,34-35,38-39H,5-12,15-16H2,1-2H3,(H,33,37)/b32-17-/t20-,21-,22+,23-,28-,29+,30+,31-/m1/s1. The van der Waals surface area contributed by atoms with Crippen LogP contribution < -0.4 is 10.2 Å². The molecule has 5 aliphatic rings. The number of aromatic hydroxyl groups is 1. The van der Waals surface area contributed by atoms with E-state index in [2.05, 4.69) is 17.5 Å². The maximum atomic E-state index is 12.9. The van der Waals surface area contributed by atoms with E-state index in [9.17, 15) is 30.0 Å². The van der Waals surface area contributed by atoms with Crippen molar-refractivity contribution in [1.82, 2.24) is 5.43 Å². The minimum Gasteiger partial charge on any atom is -0.504 e. The molecule has 6 rings (SSSR count). The van der Waals surface area contributed by atoms with E-state index >= 15 is 0 Å². The molecule has 1 aromatic rings. The van der Waals surface area contributed by atoms with Crippen LogP contribution in [0, 0.1) is 28.6 Å². The number of carbonyl (C=O) groups excluding carboxylic acids is 2. The van der Waals surface area contributed by atoms with Gasteiger partial charge in [-0.1, -0.05) is 6.92 Å².